The predicted molar refractivity (Wildman–Crippen MR) is 109 cm³/mol. The van der Waals surface area contributed by atoms with Crippen LogP contribution in [0, 0.1) is 0 Å². The van der Waals surface area contributed by atoms with Crippen LogP contribution in [0.3, 0.4) is 0 Å². The zero-order chi connectivity index (χ0) is 20.7. The van der Waals surface area contributed by atoms with Crippen molar-refractivity contribution in [2.75, 3.05) is 45.9 Å². The van der Waals surface area contributed by atoms with Gasteiger partial charge in [-0.05, 0) is 25.5 Å². The largest absolute Gasteiger partial charge is 0.491 e. The summed E-state index contributed by atoms with van der Waals surface area (Å²) in [6.45, 7) is 3.79. The van der Waals surface area contributed by atoms with Crippen molar-refractivity contribution in [2.24, 2.45) is 0 Å². The zero-order valence-electron chi connectivity index (χ0n) is 16.4. The first-order valence-electron chi connectivity index (χ1n) is 9.64. The van der Waals surface area contributed by atoms with E-state index in [-0.39, 0.29) is 19.6 Å². The van der Waals surface area contributed by atoms with Crippen LogP contribution in [0.15, 0.2) is 36.5 Å². The number of rotatable bonds is 8. The van der Waals surface area contributed by atoms with Gasteiger partial charge in [-0.2, -0.15) is 12.7 Å². The number of carbonyl (C=O) groups excluding carboxylic acids is 1. The van der Waals surface area contributed by atoms with E-state index >= 15 is 0 Å². The third-order valence-corrected chi connectivity index (χ3v) is 6.18. The molecule has 29 heavy (non-hydrogen) atoms. The normalized spacial score (nSPS) is 15.4. The Morgan fingerprint density at radius 3 is 2.69 bits per heavy atom. The standard InChI is InChI=1S/C19H26N4O5S/c1-2-27-19(24)22-11-13-23(14-12-22)29(25,26)21-10-5-15-28-17-8-3-6-16-7-4-9-20-18(16)17/h3-4,6-9,21H,2,5,10-15H2,1H3. The van der Waals surface area contributed by atoms with Crippen molar-refractivity contribution in [3.05, 3.63) is 36.5 Å². The number of pyridine rings is 1. The molecule has 2 aromatic rings. The lowest BCUT2D eigenvalue weighted by molar-refractivity contribution is 0.0932. The molecule has 1 aliphatic heterocycles. The van der Waals surface area contributed by atoms with Gasteiger partial charge in [0.15, 0.2) is 0 Å². The van der Waals surface area contributed by atoms with Gasteiger partial charge in [0.2, 0.25) is 0 Å². The SMILES string of the molecule is CCOC(=O)N1CCN(S(=O)(=O)NCCCOc2cccc3cccnc23)CC1. The van der Waals surface area contributed by atoms with Crippen molar-refractivity contribution < 1.29 is 22.7 Å². The van der Waals surface area contributed by atoms with Gasteiger partial charge in [0.1, 0.15) is 11.3 Å². The van der Waals surface area contributed by atoms with Crippen LogP contribution in [0.2, 0.25) is 0 Å². The molecular weight excluding hydrogens is 396 g/mol. The number of piperazine rings is 1. The molecule has 1 aromatic carbocycles. The molecule has 0 saturated carbocycles. The molecule has 1 N–H and O–H groups in total. The number of hydrogen-bond acceptors (Lipinski definition) is 6. The highest BCUT2D eigenvalue weighted by Crippen LogP contribution is 2.22. The fraction of sp³-hybridized carbons (Fsp3) is 0.474. The molecule has 3 rings (SSSR count). The average Bonchev–Trinajstić information content (AvgIpc) is 2.74. The molecule has 0 atom stereocenters. The number of nitrogens with zero attached hydrogens (tertiary/aromatic N) is 3. The first-order chi connectivity index (χ1) is 14.0. The van der Waals surface area contributed by atoms with Crippen LogP contribution >= 0.6 is 0 Å². The van der Waals surface area contributed by atoms with Gasteiger partial charge in [0.25, 0.3) is 10.2 Å². The van der Waals surface area contributed by atoms with Crippen molar-refractivity contribution in [1.29, 1.82) is 0 Å². The van der Waals surface area contributed by atoms with Crippen LogP contribution in [0.5, 0.6) is 5.75 Å². The number of amides is 1. The first kappa shape index (κ1) is 21.3. The Labute approximate surface area is 170 Å². The number of carbonyl (C=O) groups is 1. The second-order valence-corrected chi connectivity index (χ2v) is 8.27. The number of nitrogens with one attached hydrogen (secondary N) is 1. The minimum atomic E-state index is -3.59. The molecule has 158 valence electrons. The fourth-order valence-corrected chi connectivity index (χ4v) is 4.29. The lowest BCUT2D eigenvalue weighted by atomic mass is 10.2. The summed E-state index contributed by atoms with van der Waals surface area (Å²) in [5.41, 5.74) is 0.787. The highest BCUT2D eigenvalue weighted by atomic mass is 32.2. The molecule has 9 nitrogen and oxygen atoms in total. The Balaban J connectivity index is 1.41. The summed E-state index contributed by atoms with van der Waals surface area (Å²) < 4.78 is 39.5. The minimum Gasteiger partial charge on any atom is -0.491 e. The molecule has 0 bridgehead atoms. The summed E-state index contributed by atoms with van der Waals surface area (Å²) in [5, 5.41) is 0.993. The third-order valence-electron chi connectivity index (χ3n) is 4.56. The predicted octanol–water partition coefficient (Wildman–Crippen LogP) is 1.61. The van der Waals surface area contributed by atoms with Gasteiger partial charge in [-0.3, -0.25) is 4.98 Å². The summed E-state index contributed by atoms with van der Waals surface area (Å²) in [4.78, 5) is 17.5. The molecule has 2 heterocycles. The summed E-state index contributed by atoms with van der Waals surface area (Å²) in [6.07, 6.45) is 1.83. The average molecular weight is 423 g/mol. The molecule has 0 aliphatic carbocycles. The monoisotopic (exact) mass is 422 g/mol. The Bertz CT molecular complexity index is 924. The Morgan fingerprint density at radius 2 is 1.93 bits per heavy atom. The summed E-state index contributed by atoms with van der Waals surface area (Å²) in [5.74, 6) is 0.682. The Hall–Kier alpha value is -2.43. The van der Waals surface area contributed by atoms with Crippen LogP contribution < -0.4 is 9.46 Å². The van der Waals surface area contributed by atoms with E-state index < -0.39 is 16.3 Å². The van der Waals surface area contributed by atoms with Gasteiger partial charge in [0, 0.05) is 44.3 Å². The molecule has 0 radical (unpaired) electrons. The number of para-hydroxylation sites is 1. The number of ether oxygens (including phenoxy) is 2. The van der Waals surface area contributed by atoms with Gasteiger partial charge in [-0.1, -0.05) is 18.2 Å². The highest BCUT2D eigenvalue weighted by Gasteiger charge is 2.28. The maximum Gasteiger partial charge on any atom is 0.409 e. The third kappa shape index (κ3) is 5.55. The quantitative estimate of drug-likeness (QED) is 0.649. The molecule has 1 aromatic heterocycles. The van der Waals surface area contributed by atoms with Crippen molar-refractivity contribution in [3.8, 4) is 5.75 Å². The maximum atomic E-state index is 12.4. The van der Waals surface area contributed by atoms with Gasteiger partial charge in [0.05, 0.1) is 13.2 Å². The molecule has 10 heteroatoms. The second-order valence-electron chi connectivity index (χ2n) is 6.52. The van der Waals surface area contributed by atoms with Crippen LogP contribution in [0.25, 0.3) is 10.9 Å². The number of hydrogen-bond donors (Lipinski definition) is 1. The van der Waals surface area contributed by atoms with Crippen molar-refractivity contribution >= 4 is 27.2 Å². The van der Waals surface area contributed by atoms with E-state index in [1.165, 1.54) is 9.21 Å². The van der Waals surface area contributed by atoms with Crippen LogP contribution in [-0.2, 0) is 14.9 Å². The molecule has 1 amide bonds. The molecule has 0 unspecified atom stereocenters. The zero-order valence-corrected chi connectivity index (χ0v) is 17.2. The van der Waals surface area contributed by atoms with E-state index in [1.54, 1.807) is 13.1 Å². The summed E-state index contributed by atoms with van der Waals surface area (Å²) in [6, 6.07) is 9.55. The lowest BCUT2D eigenvalue weighted by Crippen LogP contribution is -2.53. The van der Waals surface area contributed by atoms with Crippen LogP contribution in [0.1, 0.15) is 13.3 Å². The minimum absolute atomic E-state index is 0.242. The first-order valence-corrected chi connectivity index (χ1v) is 11.1. The second kappa shape index (κ2) is 9.86. The van der Waals surface area contributed by atoms with Crippen molar-refractivity contribution in [2.45, 2.75) is 13.3 Å². The van der Waals surface area contributed by atoms with Gasteiger partial charge in [-0.15, -0.1) is 0 Å². The topological polar surface area (TPSA) is 101 Å². The maximum absolute atomic E-state index is 12.4. The molecular formula is C19H26N4O5S. The number of benzene rings is 1. The van der Waals surface area contributed by atoms with E-state index in [0.29, 0.717) is 38.5 Å². The van der Waals surface area contributed by atoms with Gasteiger partial charge >= 0.3 is 6.09 Å². The van der Waals surface area contributed by atoms with Crippen LogP contribution in [0.4, 0.5) is 4.79 Å². The summed E-state index contributed by atoms with van der Waals surface area (Å²) in [7, 11) is -3.59. The van der Waals surface area contributed by atoms with Gasteiger partial charge < -0.3 is 14.4 Å². The highest BCUT2D eigenvalue weighted by molar-refractivity contribution is 7.87. The van der Waals surface area contributed by atoms with Crippen molar-refractivity contribution in [1.82, 2.24) is 18.9 Å². The van der Waals surface area contributed by atoms with E-state index in [9.17, 15) is 13.2 Å². The molecule has 0 spiro atoms. The smallest absolute Gasteiger partial charge is 0.409 e. The number of aromatic nitrogens is 1. The Morgan fingerprint density at radius 1 is 1.17 bits per heavy atom. The van der Waals surface area contributed by atoms with E-state index in [0.717, 1.165) is 10.9 Å². The van der Waals surface area contributed by atoms with Crippen LogP contribution in [-0.4, -0.2) is 74.6 Å². The summed E-state index contributed by atoms with van der Waals surface area (Å²) >= 11 is 0. The number of fused-ring (bicyclic) bond motifs is 1. The van der Waals surface area contributed by atoms with E-state index in [4.69, 9.17) is 9.47 Å². The molecule has 1 aliphatic rings. The van der Waals surface area contributed by atoms with Gasteiger partial charge in [-0.25, -0.2) is 9.52 Å². The molecule has 1 fully saturated rings. The fourth-order valence-electron chi connectivity index (χ4n) is 3.07. The Kier molecular flexibility index (Phi) is 7.24. The lowest BCUT2D eigenvalue weighted by Gasteiger charge is -2.33. The molecule has 1 saturated heterocycles. The van der Waals surface area contributed by atoms with E-state index in [1.807, 2.05) is 30.3 Å². The van der Waals surface area contributed by atoms with Crippen molar-refractivity contribution in [3.63, 3.8) is 0 Å². The van der Waals surface area contributed by atoms with E-state index in [2.05, 4.69) is 9.71 Å².